The minimum absolute atomic E-state index is 0.0359. The SMILES string of the molecule is CCc1nn(C)c2c1nc(N)n2C(C)c1cccc(Cl)c1. The Bertz CT molecular complexity index is 802. The number of nitrogens with two attached hydrogens (primary N) is 1. The summed E-state index contributed by atoms with van der Waals surface area (Å²) in [5, 5.41) is 5.23. The molecule has 1 unspecified atom stereocenters. The number of aryl methyl sites for hydroxylation is 2. The smallest absolute Gasteiger partial charge is 0.203 e. The quantitative estimate of drug-likeness (QED) is 0.808. The average Bonchev–Trinajstić information content (AvgIpc) is 2.95. The van der Waals surface area contributed by atoms with Crippen molar-refractivity contribution in [3.63, 3.8) is 0 Å². The highest BCUT2D eigenvalue weighted by Crippen LogP contribution is 2.29. The molecule has 0 fully saturated rings. The lowest BCUT2D eigenvalue weighted by Gasteiger charge is -2.16. The summed E-state index contributed by atoms with van der Waals surface area (Å²) in [5.41, 5.74) is 10.0. The van der Waals surface area contributed by atoms with Crippen LogP contribution < -0.4 is 5.73 Å². The number of anilines is 1. The summed E-state index contributed by atoms with van der Waals surface area (Å²) in [5.74, 6) is 0.500. The Morgan fingerprint density at radius 1 is 1.38 bits per heavy atom. The van der Waals surface area contributed by atoms with E-state index in [0.717, 1.165) is 28.8 Å². The van der Waals surface area contributed by atoms with Crippen molar-refractivity contribution >= 4 is 28.7 Å². The van der Waals surface area contributed by atoms with E-state index in [1.54, 1.807) is 0 Å². The maximum atomic E-state index is 6.14. The molecule has 1 aromatic carbocycles. The third-order valence-corrected chi connectivity index (χ3v) is 4.05. The Morgan fingerprint density at radius 2 is 2.14 bits per heavy atom. The molecule has 0 amide bonds. The second-order valence-corrected chi connectivity index (χ2v) is 5.60. The van der Waals surface area contributed by atoms with E-state index in [0.29, 0.717) is 11.0 Å². The number of nitrogen functional groups attached to an aromatic ring is 1. The first-order valence-electron chi connectivity index (χ1n) is 6.97. The second-order valence-electron chi connectivity index (χ2n) is 5.17. The lowest BCUT2D eigenvalue weighted by molar-refractivity contribution is 0.635. The highest BCUT2D eigenvalue weighted by molar-refractivity contribution is 6.30. The minimum Gasteiger partial charge on any atom is -0.369 e. The first-order valence-corrected chi connectivity index (χ1v) is 7.35. The molecule has 110 valence electrons. The zero-order valence-electron chi connectivity index (χ0n) is 12.3. The third kappa shape index (κ3) is 2.17. The fourth-order valence-electron chi connectivity index (χ4n) is 2.76. The molecule has 0 saturated carbocycles. The number of hydrogen-bond acceptors (Lipinski definition) is 3. The number of rotatable bonds is 3. The number of nitrogens with zero attached hydrogens (tertiary/aromatic N) is 4. The average molecular weight is 304 g/mol. The molecule has 2 aromatic heterocycles. The van der Waals surface area contributed by atoms with E-state index in [9.17, 15) is 0 Å². The Labute approximate surface area is 128 Å². The van der Waals surface area contributed by atoms with E-state index >= 15 is 0 Å². The lowest BCUT2D eigenvalue weighted by atomic mass is 10.1. The van der Waals surface area contributed by atoms with Gasteiger partial charge in [-0.15, -0.1) is 0 Å². The van der Waals surface area contributed by atoms with Gasteiger partial charge in [0.05, 0.1) is 11.7 Å². The van der Waals surface area contributed by atoms with Gasteiger partial charge in [-0.1, -0.05) is 30.7 Å². The van der Waals surface area contributed by atoms with Crippen LogP contribution in [0, 0.1) is 0 Å². The fraction of sp³-hybridized carbons (Fsp3) is 0.333. The van der Waals surface area contributed by atoms with Gasteiger partial charge >= 0.3 is 0 Å². The minimum atomic E-state index is 0.0359. The van der Waals surface area contributed by atoms with E-state index in [1.165, 1.54) is 0 Å². The van der Waals surface area contributed by atoms with E-state index in [1.807, 2.05) is 40.6 Å². The number of fused-ring (bicyclic) bond motifs is 1. The molecular weight excluding hydrogens is 286 g/mol. The molecule has 0 radical (unpaired) electrons. The molecular formula is C15H18ClN5. The highest BCUT2D eigenvalue weighted by Gasteiger charge is 2.21. The largest absolute Gasteiger partial charge is 0.369 e. The molecule has 0 aliphatic rings. The number of hydrogen-bond donors (Lipinski definition) is 1. The van der Waals surface area contributed by atoms with Crippen LogP contribution in [0.4, 0.5) is 5.95 Å². The van der Waals surface area contributed by atoms with Crippen molar-refractivity contribution < 1.29 is 0 Å². The van der Waals surface area contributed by atoms with E-state index in [2.05, 4.69) is 23.9 Å². The van der Waals surface area contributed by atoms with Crippen LogP contribution in [-0.2, 0) is 13.5 Å². The van der Waals surface area contributed by atoms with Crippen LogP contribution in [0.5, 0.6) is 0 Å². The molecule has 5 nitrogen and oxygen atoms in total. The summed E-state index contributed by atoms with van der Waals surface area (Å²) in [6.45, 7) is 4.15. The van der Waals surface area contributed by atoms with Crippen molar-refractivity contribution in [2.24, 2.45) is 7.05 Å². The van der Waals surface area contributed by atoms with Crippen molar-refractivity contribution in [3.8, 4) is 0 Å². The van der Waals surface area contributed by atoms with Crippen molar-refractivity contribution in [3.05, 3.63) is 40.5 Å². The van der Waals surface area contributed by atoms with Crippen molar-refractivity contribution in [2.45, 2.75) is 26.3 Å². The van der Waals surface area contributed by atoms with Gasteiger partial charge in [0.15, 0.2) is 5.65 Å². The predicted molar refractivity (Wildman–Crippen MR) is 85.6 cm³/mol. The Hall–Kier alpha value is -2.01. The number of imidazole rings is 1. The second kappa shape index (κ2) is 5.07. The van der Waals surface area contributed by atoms with Crippen LogP contribution in [0.15, 0.2) is 24.3 Å². The van der Waals surface area contributed by atoms with Crippen LogP contribution in [0.2, 0.25) is 5.02 Å². The molecule has 1 atom stereocenters. The Morgan fingerprint density at radius 3 is 2.81 bits per heavy atom. The molecule has 6 heteroatoms. The number of halogens is 1. The zero-order valence-corrected chi connectivity index (χ0v) is 13.1. The van der Waals surface area contributed by atoms with E-state index < -0.39 is 0 Å². The number of aromatic nitrogens is 4. The summed E-state index contributed by atoms with van der Waals surface area (Å²) in [4.78, 5) is 4.50. The standard InChI is InChI=1S/C15H18ClN5/c1-4-12-13-14(20(3)19-12)21(15(17)18-13)9(2)10-6-5-7-11(16)8-10/h5-9H,4H2,1-3H3,(H2,17,18). The maximum absolute atomic E-state index is 6.14. The van der Waals surface area contributed by atoms with Gasteiger partial charge in [0, 0.05) is 12.1 Å². The predicted octanol–water partition coefficient (Wildman–Crippen LogP) is 3.18. The van der Waals surface area contributed by atoms with E-state index in [4.69, 9.17) is 17.3 Å². The monoisotopic (exact) mass is 303 g/mol. The normalized spacial score (nSPS) is 13.0. The molecule has 2 N–H and O–H groups in total. The number of benzene rings is 1. The highest BCUT2D eigenvalue weighted by atomic mass is 35.5. The molecule has 0 spiro atoms. The van der Waals surface area contributed by atoms with Crippen LogP contribution >= 0.6 is 11.6 Å². The van der Waals surface area contributed by atoms with E-state index in [-0.39, 0.29) is 6.04 Å². The summed E-state index contributed by atoms with van der Waals surface area (Å²) in [6.07, 6.45) is 0.833. The first-order chi connectivity index (χ1) is 10.0. The van der Waals surface area contributed by atoms with Gasteiger partial charge in [0.25, 0.3) is 0 Å². The molecule has 0 aliphatic carbocycles. The summed E-state index contributed by atoms with van der Waals surface area (Å²) in [6, 6.07) is 7.84. The topological polar surface area (TPSA) is 61.7 Å². The molecule has 0 saturated heterocycles. The first kappa shape index (κ1) is 13.9. The van der Waals surface area contributed by atoms with Gasteiger partial charge in [0.1, 0.15) is 5.52 Å². The van der Waals surface area contributed by atoms with Gasteiger partial charge in [-0.05, 0) is 31.0 Å². The molecule has 21 heavy (non-hydrogen) atoms. The molecule has 3 rings (SSSR count). The van der Waals surface area contributed by atoms with Gasteiger partial charge in [-0.2, -0.15) is 5.10 Å². The van der Waals surface area contributed by atoms with Crippen molar-refractivity contribution in [2.75, 3.05) is 5.73 Å². The summed E-state index contributed by atoms with van der Waals surface area (Å²) in [7, 11) is 1.92. The lowest BCUT2D eigenvalue weighted by Crippen LogP contribution is -2.12. The zero-order chi connectivity index (χ0) is 15.1. The van der Waals surface area contributed by atoms with Gasteiger partial charge in [0.2, 0.25) is 5.95 Å². The Kier molecular flexibility index (Phi) is 3.37. The van der Waals surface area contributed by atoms with Gasteiger partial charge in [-0.3, -0.25) is 9.25 Å². The van der Waals surface area contributed by atoms with Crippen LogP contribution in [0.3, 0.4) is 0 Å². The van der Waals surface area contributed by atoms with Crippen LogP contribution in [-0.4, -0.2) is 19.3 Å². The van der Waals surface area contributed by atoms with Gasteiger partial charge in [-0.25, -0.2) is 4.98 Å². The molecule has 0 bridgehead atoms. The third-order valence-electron chi connectivity index (χ3n) is 3.82. The molecule has 2 heterocycles. The summed E-state index contributed by atoms with van der Waals surface area (Å²) >= 11 is 6.09. The van der Waals surface area contributed by atoms with Crippen LogP contribution in [0.25, 0.3) is 11.2 Å². The molecule has 3 aromatic rings. The van der Waals surface area contributed by atoms with Crippen molar-refractivity contribution in [1.82, 2.24) is 19.3 Å². The van der Waals surface area contributed by atoms with Gasteiger partial charge < -0.3 is 5.73 Å². The maximum Gasteiger partial charge on any atom is 0.203 e. The molecule has 0 aliphatic heterocycles. The van der Waals surface area contributed by atoms with Crippen molar-refractivity contribution in [1.29, 1.82) is 0 Å². The Balaban J connectivity index is 2.20. The fourth-order valence-corrected chi connectivity index (χ4v) is 2.95. The van der Waals surface area contributed by atoms with Crippen LogP contribution in [0.1, 0.15) is 31.1 Å². The summed E-state index contributed by atoms with van der Waals surface area (Å²) < 4.78 is 3.85.